The van der Waals surface area contributed by atoms with Crippen LogP contribution in [0.4, 0.5) is 0 Å². The van der Waals surface area contributed by atoms with Crippen molar-refractivity contribution in [1.82, 2.24) is 9.88 Å². The number of aromatic nitrogens is 1. The first kappa shape index (κ1) is 21.7. The van der Waals surface area contributed by atoms with Crippen LogP contribution >= 0.6 is 0 Å². The van der Waals surface area contributed by atoms with Crippen LogP contribution in [-0.2, 0) is 16.0 Å². The first-order valence-electron chi connectivity index (χ1n) is 9.08. The van der Waals surface area contributed by atoms with E-state index in [1.165, 1.54) is 25.3 Å². The lowest BCUT2D eigenvalue weighted by Gasteiger charge is -2.20. The molecule has 2 rings (SSSR count). The van der Waals surface area contributed by atoms with E-state index in [4.69, 9.17) is 14.6 Å². The minimum absolute atomic E-state index is 0.279. The molecule has 0 fully saturated rings. The number of benzene rings is 1. The predicted molar refractivity (Wildman–Crippen MR) is 104 cm³/mol. The third-order valence-electron chi connectivity index (χ3n) is 3.78. The zero-order valence-corrected chi connectivity index (χ0v) is 16.2. The fourth-order valence-corrected chi connectivity index (χ4v) is 2.90. The highest BCUT2D eigenvalue weighted by Crippen LogP contribution is 2.29. The van der Waals surface area contributed by atoms with Crippen molar-refractivity contribution in [2.45, 2.75) is 47.0 Å². The van der Waals surface area contributed by atoms with Crippen LogP contribution in [0.15, 0.2) is 24.4 Å². The molecule has 6 heteroatoms. The normalized spacial score (nSPS) is 10.5. The molecule has 2 N–H and O–H groups in total. The molecule has 0 spiro atoms. The molecule has 0 saturated heterocycles. The van der Waals surface area contributed by atoms with Crippen molar-refractivity contribution >= 4 is 22.8 Å². The number of aromatic amines is 1. The maximum Gasteiger partial charge on any atom is 0.308 e. The summed E-state index contributed by atoms with van der Waals surface area (Å²) in [5.74, 6) is -0.461. The van der Waals surface area contributed by atoms with E-state index < -0.39 is 5.97 Å². The number of ether oxygens (including phenoxy) is 1. The maximum absolute atomic E-state index is 11.3. The molecule has 2 aromatic rings. The molecular formula is C20H30N2O4. The first-order valence-corrected chi connectivity index (χ1v) is 9.08. The van der Waals surface area contributed by atoms with Crippen molar-refractivity contribution in [3.63, 3.8) is 0 Å². The van der Waals surface area contributed by atoms with Crippen LogP contribution < -0.4 is 4.74 Å². The highest BCUT2D eigenvalue weighted by molar-refractivity contribution is 5.91. The van der Waals surface area contributed by atoms with Crippen molar-refractivity contribution in [3.05, 3.63) is 30.0 Å². The summed E-state index contributed by atoms with van der Waals surface area (Å²) in [6, 6.07) is 5.78. The van der Waals surface area contributed by atoms with Gasteiger partial charge in [-0.3, -0.25) is 9.59 Å². The summed E-state index contributed by atoms with van der Waals surface area (Å²) < 4.78 is 5.36. The van der Waals surface area contributed by atoms with Crippen molar-refractivity contribution in [2.24, 2.45) is 0 Å². The number of nitrogens with zero attached hydrogens (tertiary/aromatic N) is 1. The molecule has 0 aliphatic rings. The Morgan fingerprint density at radius 1 is 1.12 bits per heavy atom. The van der Waals surface area contributed by atoms with Crippen LogP contribution in [-0.4, -0.2) is 46.6 Å². The van der Waals surface area contributed by atoms with E-state index in [1.54, 1.807) is 0 Å². The van der Waals surface area contributed by atoms with Gasteiger partial charge in [0, 0.05) is 37.5 Å². The molecule has 1 aromatic heterocycles. The maximum atomic E-state index is 11.3. The highest BCUT2D eigenvalue weighted by atomic mass is 16.5. The summed E-state index contributed by atoms with van der Waals surface area (Å²) in [6.07, 6.45) is 5.34. The minimum atomic E-state index is -0.833. The number of carboxylic acid groups (broad SMARTS) is 1. The molecule has 0 saturated carbocycles. The summed E-state index contributed by atoms with van der Waals surface area (Å²) in [5, 5.41) is 8.45. The molecule has 0 bridgehead atoms. The Labute approximate surface area is 155 Å². The number of rotatable bonds is 8. The Morgan fingerprint density at radius 2 is 1.73 bits per heavy atom. The lowest BCUT2D eigenvalue weighted by atomic mass is 10.1. The Kier molecular flexibility index (Phi) is 9.44. The fraction of sp³-hybridized carbons (Fsp3) is 0.500. The molecule has 0 radical (unpaired) electrons. The van der Waals surface area contributed by atoms with Gasteiger partial charge in [0.15, 0.2) is 0 Å². The quantitative estimate of drug-likeness (QED) is 0.550. The number of esters is 1. The molecule has 1 aromatic carbocycles. The zero-order valence-electron chi connectivity index (χ0n) is 16.2. The molecule has 0 aliphatic heterocycles. The number of carboxylic acids is 1. The summed E-state index contributed by atoms with van der Waals surface area (Å²) in [4.78, 5) is 26.1. The van der Waals surface area contributed by atoms with Crippen LogP contribution in [0.2, 0.25) is 0 Å². The number of nitrogens with one attached hydrogen (secondary N) is 1. The number of hydrogen-bond donors (Lipinski definition) is 2. The molecule has 0 aliphatic carbocycles. The Morgan fingerprint density at radius 3 is 2.27 bits per heavy atom. The number of H-pyrrole nitrogens is 1. The molecule has 6 nitrogen and oxygen atoms in total. The van der Waals surface area contributed by atoms with Crippen LogP contribution in [0.5, 0.6) is 5.75 Å². The van der Waals surface area contributed by atoms with E-state index >= 15 is 0 Å². The standard InChI is InChI=1S/C18H26N2O2.C2H4O2/c1-4-10-20(11-5-2)12-9-15-13-19-16-7-6-8-17(18(15)16)22-14(3)21;1-2(3)4/h6-8,13,19H,4-5,9-12H2,1-3H3;1H3,(H,3,4). The SMILES string of the molecule is CC(=O)O.CCCN(CCC)CCc1c[nH]c2cccc(OC(C)=O)c12. The molecule has 1 heterocycles. The third-order valence-corrected chi connectivity index (χ3v) is 3.78. The van der Waals surface area contributed by atoms with Crippen LogP contribution in [0.3, 0.4) is 0 Å². The lowest BCUT2D eigenvalue weighted by molar-refractivity contribution is -0.134. The Bertz CT molecular complexity index is 699. The average Bonchev–Trinajstić information content (AvgIpc) is 2.96. The second kappa shape index (κ2) is 11.3. The Hall–Kier alpha value is -2.34. The van der Waals surface area contributed by atoms with E-state index in [0.29, 0.717) is 5.75 Å². The van der Waals surface area contributed by atoms with Crippen molar-refractivity contribution in [2.75, 3.05) is 19.6 Å². The summed E-state index contributed by atoms with van der Waals surface area (Å²) in [5.41, 5.74) is 2.23. The Balaban J connectivity index is 0.000000765. The van der Waals surface area contributed by atoms with E-state index in [0.717, 1.165) is 43.9 Å². The molecule has 0 atom stereocenters. The van der Waals surface area contributed by atoms with Gasteiger partial charge in [-0.25, -0.2) is 0 Å². The zero-order chi connectivity index (χ0) is 19.5. The van der Waals surface area contributed by atoms with Gasteiger partial charge in [-0.15, -0.1) is 0 Å². The van der Waals surface area contributed by atoms with Crippen LogP contribution in [0.25, 0.3) is 10.9 Å². The second-order valence-electron chi connectivity index (χ2n) is 6.20. The van der Waals surface area contributed by atoms with E-state index in [1.807, 2.05) is 24.4 Å². The number of aliphatic carboxylic acids is 1. The van der Waals surface area contributed by atoms with Gasteiger partial charge in [0.2, 0.25) is 0 Å². The van der Waals surface area contributed by atoms with Gasteiger partial charge in [-0.05, 0) is 50.0 Å². The predicted octanol–water partition coefficient (Wildman–Crippen LogP) is 3.85. The smallest absolute Gasteiger partial charge is 0.308 e. The average molecular weight is 362 g/mol. The second-order valence-corrected chi connectivity index (χ2v) is 6.20. The number of carbonyl (C=O) groups excluding carboxylic acids is 1. The third kappa shape index (κ3) is 7.27. The summed E-state index contributed by atoms with van der Waals surface area (Å²) in [7, 11) is 0. The lowest BCUT2D eigenvalue weighted by Crippen LogP contribution is -2.27. The fourth-order valence-electron chi connectivity index (χ4n) is 2.90. The first-order chi connectivity index (χ1) is 12.4. The minimum Gasteiger partial charge on any atom is -0.481 e. The van der Waals surface area contributed by atoms with Gasteiger partial charge in [-0.2, -0.15) is 0 Å². The van der Waals surface area contributed by atoms with Crippen LogP contribution in [0, 0.1) is 0 Å². The van der Waals surface area contributed by atoms with E-state index in [-0.39, 0.29) is 5.97 Å². The number of hydrogen-bond acceptors (Lipinski definition) is 4. The van der Waals surface area contributed by atoms with Gasteiger partial charge in [0.1, 0.15) is 5.75 Å². The van der Waals surface area contributed by atoms with Gasteiger partial charge in [-0.1, -0.05) is 19.9 Å². The van der Waals surface area contributed by atoms with Gasteiger partial charge in [0.05, 0.1) is 0 Å². The summed E-state index contributed by atoms with van der Waals surface area (Å²) in [6.45, 7) is 10.2. The largest absolute Gasteiger partial charge is 0.481 e. The van der Waals surface area contributed by atoms with Crippen molar-refractivity contribution in [3.8, 4) is 5.75 Å². The van der Waals surface area contributed by atoms with Crippen molar-refractivity contribution in [1.29, 1.82) is 0 Å². The van der Waals surface area contributed by atoms with Gasteiger partial charge in [0.25, 0.3) is 5.97 Å². The molecule has 0 amide bonds. The molecular weight excluding hydrogens is 332 g/mol. The number of carbonyl (C=O) groups is 2. The van der Waals surface area contributed by atoms with Crippen molar-refractivity contribution < 1.29 is 19.4 Å². The van der Waals surface area contributed by atoms with Gasteiger partial charge < -0.3 is 19.7 Å². The molecule has 0 unspecified atom stereocenters. The van der Waals surface area contributed by atoms with Gasteiger partial charge >= 0.3 is 5.97 Å². The summed E-state index contributed by atoms with van der Waals surface area (Å²) >= 11 is 0. The van der Waals surface area contributed by atoms with E-state index in [2.05, 4.69) is 23.7 Å². The van der Waals surface area contributed by atoms with E-state index in [9.17, 15) is 4.79 Å². The topological polar surface area (TPSA) is 82.6 Å². The highest BCUT2D eigenvalue weighted by Gasteiger charge is 2.12. The monoisotopic (exact) mass is 362 g/mol. The number of fused-ring (bicyclic) bond motifs is 1. The van der Waals surface area contributed by atoms with Crippen LogP contribution in [0.1, 0.15) is 46.1 Å². The molecule has 26 heavy (non-hydrogen) atoms. The molecule has 144 valence electrons.